The van der Waals surface area contributed by atoms with Gasteiger partial charge in [0.1, 0.15) is 0 Å². The quantitative estimate of drug-likeness (QED) is 0.526. The molecule has 0 radical (unpaired) electrons. The highest BCUT2D eigenvalue weighted by Crippen LogP contribution is 2.31. The second-order valence-electron chi connectivity index (χ2n) is 5.95. The lowest BCUT2D eigenvalue weighted by Crippen LogP contribution is -2.44. The maximum Gasteiger partial charge on any atom is 0.191 e. The van der Waals surface area contributed by atoms with E-state index in [1.165, 1.54) is 0 Å². The summed E-state index contributed by atoms with van der Waals surface area (Å²) >= 11 is 5.90. The van der Waals surface area contributed by atoms with Gasteiger partial charge < -0.3 is 20.5 Å². The number of nitrogens with zero attached hydrogens (tertiary/aromatic N) is 1. The van der Waals surface area contributed by atoms with Crippen LogP contribution >= 0.6 is 11.6 Å². The standard InChI is InChI=1S/C17H26ClN3O2/c1-2-19-16(20-11-14-3-5-15(18)6-4-14)21-12-17(7-9-22)8-10-23-13-17/h3-6,22H,2,7-13H2,1H3,(H2,19,20,21). The van der Waals surface area contributed by atoms with Crippen LogP contribution in [-0.2, 0) is 11.3 Å². The Morgan fingerprint density at radius 3 is 2.74 bits per heavy atom. The predicted octanol–water partition coefficient (Wildman–Crippen LogP) is 2.18. The number of hydrogen-bond acceptors (Lipinski definition) is 3. The second kappa shape index (κ2) is 9.11. The SMILES string of the molecule is CCNC(=NCc1ccc(Cl)cc1)NCC1(CCO)CCOC1. The zero-order valence-corrected chi connectivity index (χ0v) is 14.4. The molecule has 0 aromatic heterocycles. The van der Waals surface area contributed by atoms with Gasteiger partial charge in [-0.1, -0.05) is 23.7 Å². The first-order chi connectivity index (χ1) is 11.2. The van der Waals surface area contributed by atoms with Crippen LogP contribution in [0.5, 0.6) is 0 Å². The molecule has 0 bridgehead atoms. The lowest BCUT2D eigenvalue weighted by molar-refractivity contribution is 0.127. The minimum atomic E-state index is 0.00517. The minimum absolute atomic E-state index is 0.00517. The van der Waals surface area contributed by atoms with Gasteiger partial charge in [-0.05, 0) is 37.5 Å². The monoisotopic (exact) mass is 339 g/mol. The summed E-state index contributed by atoms with van der Waals surface area (Å²) < 4.78 is 5.52. The third-order valence-corrected chi connectivity index (χ3v) is 4.39. The molecule has 1 atom stereocenters. The highest BCUT2D eigenvalue weighted by atomic mass is 35.5. The van der Waals surface area contributed by atoms with Crippen LogP contribution in [0.25, 0.3) is 0 Å². The summed E-state index contributed by atoms with van der Waals surface area (Å²) in [5, 5.41) is 16.7. The molecular formula is C17H26ClN3O2. The van der Waals surface area contributed by atoms with Crippen LogP contribution < -0.4 is 10.6 Å². The van der Waals surface area contributed by atoms with Gasteiger partial charge in [-0.3, -0.25) is 0 Å². The zero-order chi connectivity index (χ0) is 16.5. The van der Waals surface area contributed by atoms with Gasteiger partial charge in [0, 0.05) is 36.7 Å². The highest BCUT2D eigenvalue weighted by molar-refractivity contribution is 6.30. The zero-order valence-electron chi connectivity index (χ0n) is 13.6. The van der Waals surface area contributed by atoms with Crippen LogP contribution in [0.2, 0.25) is 5.02 Å². The highest BCUT2D eigenvalue weighted by Gasteiger charge is 2.34. The van der Waals surface area contributed by atoms with Crippen molar-refractivity contribution in [2.24, 2.45) is 10.4 Å². The van der Waals surface area contributed by atoms with E-state index in [1.807, 2.05) is 31.2 Å². The molecule has 1 aliphatic heterocycles. The molecule has 6 heteroatoms. The molecule has 1 fully saturated rings. The van der Waals surface area contributed by atoms with Gasteiger partial charge in [0.05, 0.1) is 13.2 Å². The summed E-state index contributed by atoms with van der Waals surface area (Å²) in [6, 6.07) is 7.71. The average Bonchev–Trinajstić information content (AvgIpc) is 3.01. The lowest BCUT2D eigenvalue weighted by atomic mass is 9.84. The molecule has 1 aliphatic rings. The van der Waals surface area contributed by atoms with Crippen molar-refractivity contribution in [3.8, 4) is 0 Å². The molecule has 1 unspecified atom stereocenters. The van der Waals surface area contributed by atoms with Crippen molar-refractivity contribution in [1.82, 2.24) is 10.6 Å². The van der Waals surface area contributed by atoms with Crippen molar-refractivity contribution < 1.29 is 9.84 Å². The Morgan fingerprint density at radius 2 is 2.13 bits per heavy atom. The van der Waals surface area contributed by atoms with Gasteiger partial charge >= 0.3 is 0 Å². The van der Waals surface area contributed by atoms with E-state index in [0.717, 1.165) is 49.1 Å². The molecule has 1 heterocycles. The number of aliphatic hydroxyl groups excluding tert-OH is 1. The van der Waals surface area contributed by atoms with E-state index >= 15 is 0 Å². The molecule has 0 amide bonds. The minimum Gasteiger partial charge on any atom is -0.396 e. The summed E-state index contributed by atoms with van der Waals surface area (Å²) in [7, 11) is 0. The number of hydrogen-bond donors (Lipinski definition) is 3. The first kappa shape index (κ1) is 18.0. The molecular weight excluding hydrogens is 314 g/mol. The predicted molar refractivity (Wildman–Crippen MR) is 93.8 cm³/mol. The molecule has 3 N–H and O–H groups in total. The normalized spacial score (nSPS) is 21.4. The lowest BCUT2D eigenvalue weighted by Gasteiger charge is -2.27. The molecule has 5 nitrogen and oxygen atoms in total. The van der Waals surface area contributed by atoms with Crippen LogP contribution in [0, 0.1) is 5.41 Å². The van der Waals surface area contributed by atoms with Crippen molar-refractivity contribution >= 4 is 17.6 Å². The molecule has 2 rings (SSSR count). The van der Waals surface area contributed by atoms with Crippen LogP contribution in [-0.4, -0.2) is 44.0 Å². The Morgan fingerprint density at radius 1 is 1.35 bits per heavy atom. The summed E-state index contributed by atoms with van der Waals surface area (Å²) in [5.41, 5.74) is 1.12. The van der Waals surface area contributed by atoms with Gasteiger partial charge in [-0.15, -0.1) is 0 Å². The number of aliphatic imine (C=N–C) groups is 1. The number of halogens is 1. The fourth-order valence-corrected chi connectivity index (χ4v) is 2.81. The number of benzene rings is 1. The van der Waals surface area contributed by atoms with Crippen LogP contribution in [0.3, 0.4) is 0 Å². The fourth-order valence-electron chi connectivity index (χ4n) is 2.68. The van der Waals surface area contributed by atoms with E-state index < -0.39 is 0 Å². The van der Waals surface area contributed by atoms with Crippen LogP contribution in [0.15, 0.2) is 29.3 Å². The third kappa shape index (κ3) is 5.68. The Labute approximate surface area is 143 Å². The van der Waals surface area contributed by atoms with Gasteiger partial charge in [-0.25, -0.2) is 4.99 Å². The van der Waals surface area contributed by atoms with Gasteiger partial charge in [0.2, 0.25) is 0 Å². The third-order valence-electron chi connectivity index (χ3n) is 4.14. The Balaban J connectivity index is 1.94. The molecule has 0 aliphatic carbocycles. The van der Waals surface area contributed by atoms with Crippen molar-refractivity contribution in [2.75, 3.05) is 32.9 Å². The summed E-state index contributed by atoms with van der Waals surface area (Å²) in [6.45, 7) is 5.83. The van der Waals surface area contributed by atoms with E-state index in [-0.39, 0.29) is 12.0 Å². The Kier molecular flexibility index (Phi) is 7.15. The largest absolute Gasteiger partial charge is 0.396 e. The number of rotatable bonds is 7. The number of guanidine groups is 1. The fraction of sp³-hybridized carbons (Fsp3) is 0.588. The Hall–Kier alpha value is -1.30. The van der Waals surface area contributed by atoms with E-state index in [4.69, 9.17) is 16.3 Å². The second-order valence-corrected chi connectivity index (χ2v) is 6.39. The molecule has 0 saturated carbocycles. The van der Waals surface area contributed by atoms with Crippen molar-refractivity contribution in [3.05, 3.63) is 34.9 Å². The van der Waals surface area contributed by atoms with Crippen molar-refractivity contribution in [3.63, 3.8) is 0 Å². The maximum atomic E-state index is 9.29. The first-order valence-corrected chi connectivity index (χ1v) is 8.50. The van der Waals surface area contributed by atoms with Crippen molar-refractivity contribution in [2.45, 2.75) is 26.3 Å². The number of ether oxygens (including phenoxy) is 1. The summed E-state index contributed by atoms with van der Waals surface area (Å²) in [4.78, 5) is 4.61. The maximum absolute atomic E-state index is 9.29. The molecule has 0 spiro atoms. The van der Waals surface area contributed by atoms with Gasteiger partial charge in [0.15, 0.2) is 5.96 Å². The average molecular weight is 340 g/mol. The van der Waals surface area contributed by atoms with Crippen molar-refractivity contribution in [1.29, 1.82) is 0 Å². The molecule has 128 valence electrons. The molecule has 1 saturated heterocycles. The van der Waals surface area contributed by atoms with Crippen LogP contribution in [0.4, 0.5) is 0 Å². The van der Waals surface area contributed by atoms with E-state index in [0.29, 0.717) is 13.2 Å². The summed E-state index contributed by atoms with van der Waals surface area (Å²) in [5.74, 6) is 0.784. The van der Waals surface area contributed by atoms with E-state index in [9.17, 15) is 5.11 Å². The Bertz CT molecular complexity index is 499. The molecule has 23 heavy (non-hydrogen) atoms. The van der Waals surface area contributed by atoms with Crippen LogP contribution in [0.1, 0.15) is 25.3 Å². The number of aliphatic hydroxyl groups is 1. The smallest absolute Gasteiger partial charge is 0.191 e. The van der Waals surface area contributed by atoms with E-state index in [2.05, 4.69) is 15.6 Å². The topological polar surface area (TPSA) is 65.9 Å². The molecule has 1 aromatic carbocycles. The van der Waals surface area contributed by atoms with E-state index in [1.54, 1.807) is 0 Å². The van der Waals surface area contributed by atoms with Gasteiger partial charge in [0.25, 0.3) is 0 Å². The number of nitrogens with one attached hydrogen (secondary N) is 2. The summed E-state index contributed by atoms with van der Waals surface area (Å²) in [6.07, 6.45) is 1.72. The van der Waals surface area contributed by atoms with Gasteiger partial charge in [-0.2, -0.15) is 0 Å². The molecule has 1 aromatic rings. The first-order valence-electron chi connectivity index (χ1n) is 8.13.